The third-order valence-electron chi connectivity index (χ3n) is 2.74. The maximum Gasteiger partial charge on any atom is 0.233 e. The zero-order valence-electron chi connectivity index (χ0n) is 10.1. The molecule has 1 aliphatic heterocycles. The van der Waals surface area contributed by atoms with Gasteiger partial charge in [-0.15, -0.1) is 10.2 Å². The van der Waals surface area contributed by atoms with Gasteiger partial charge in [0.25, 0.3) is 0 Å². The molecule has 1 fully saturated rings. The predicted octanol–water partition coefficient (Wildman–Crippen LogP) is 1.63. The van der Waals surface area contributed by atoms with Gasteiger partial charge in [-0.3, -0.25) is 0 Å². The van der Waals surface area contributed by atoms with Crippen molar-refractivity contribution >= 4 is 0 Å². The number of aromatic nitrogens is 2. The van der Waals surface area contributed by atoms with Crippen LogP contribution in [0.3, 0.4) is 0 Å². The number of nitrogens with zero attached hydrogens (tertiary/aromatic N) is 2. The van der Waals surface area contributed by atoms with Crippen molar-refractivity contribution in [2.75, 3.05) is 13.2 Å². The Morgan fingerprint density at radius 2 is 2.31 bits per heavy atom. The van der Waals surface area contributed by atoms with E-state index >= 15 is 0 Å². The topological polar surface area (TPSA) is 60.2 Å². The molecule has 0 spiro atoms. The van der Waals surface area contributed by atoms with Crippen molar-refractivity contribution in [3.63, 3.8) is 0 Å². The molecule has 2 heterocycles. The van der Waals surface area contributed by atoms with E-state index < -0.39 is 0 Å². The third-order valence-corrected chi connectivity index (χ3v) is 2.74. The Hall–Kier alpha value is -0.940. The third kappa shape index (κ3) is 2.41. The van der Waals surface area contributed by atoms with Crippen LogP contribution in [-0.4, -0.2) is 29.5 Å². The fraction of sp³-hybridized carbons (Fsp3) is 0.818. The van der Waals surface area contributed by atoms with E-state index in [1.54, 1.807) is 0 Å². The van der Waals surface area contributed by atoms with Crippen LogP contribution in [0.25, 0.3) is 0 Å². The average Bonchev–Trinajstić information content (AvgIpc) is 2.84. The molecule has 1 saturated heterocycles. The monoisotopic (exact) mass is 225 g/mol. The van der Waals surface area contributed by atoms with E-state index in [2.05, 4.69) is 15.5 Å². The minimum atomic E-state index is 0.150. The molecule has 1 aromatic heterocycles. The largest absolute Gasteiger partial charge is 0.423 e. The molecule has 90 valence electrons. The van der Waals surface area contributed by atoms with Gasteiger partial charge >= 0.3 is 0 Å². The zero-order valence-corrected chi connectivity index (χ0v) is 10.1. The van der Waals surface area contributed by atoms with Crippen LogP contribution in [-0.2, 0) is 4.74 Å². The van der Waals surface area contributed by atoms with Crippen LogP contribution < -0.4 is 5.32 Å². The summed E-state index contributed by atoms with van der Waals surface area (Å²) in [5.41, 5.74) is 0. The maximum absolute atomic E-state index is 5.62. The molecule has 0 unspecified atom stereocenters. The van der Waals surface area contributed by atoms with E-state index in [-0.39, 0.29) is 18.1 Å². The molecule has 1 aromatic rings. The second-order valence-electron chi connectivity index (χ2n) is 4.41. The molecule has 0 saturated carbocycles. The van der Waals surface area contributed by atoms with E-state index in [1.165, 1.54) is 0 Å². The van der Waals surface area contributed by atoms with Crippen LogP contribution in [0.2, 0.25) is 0 Å². The second kappa shape index (κ2) is 4.93. The number of hydrogen-bond acceptors (Lipinski definition) is 5. The molecule has 0 aliphatic carbocycles. The second-order valence-corrected chi connectivity index (χ2v) is 4.41. The van der Waals surface area contributed by atoms with Crippen molar-refractivity contribution in [3.8, 4) is 0 Å². The van der Waals surface area contributed by atoms with E-state index in [9.17, 15) is 0 Å². The Balaban J connectivity index is 1.97. The lowest BCUT2D eigenvalue weighted by Gasteiger charge is -2.07. The van der Waals surface area contributed by atoms with Gasteiger partial charge in [0.1, 0.15) is 0 Å². The van der Waals surface area contributed by atoms with Crippen molar-refractivity contribution in [2.24, 2.45) is 0 Å². The summed E-state index contributed by atoms with van der Waals surface area (Å²) in [6.45, 7) is 7.71. The van der Waals surface area contributed by atoms with Crippen LogP contribution in [0.5, 0.6) is 0 Å². The molecule has 0 aromatic carbocycles. The summed E-state index contributed by atoms with van der Waals surface area (Å²) in [5, 5.41) is 11.5. The molecule has 0 radical (unpaired) electrons. The molecule has 5 nitrogen and oxygen atoms in total. The Labute approximate surface area is 95.6 Å². The molecule has 2 rings (SSSR count). The van der Waals surface area contributed by atoms with Crippen molar-refractivity contribution in [1.29, 1.82) is 0 Å². The summed E-state index contributed by atoms with van der Waals surface area (Å²) in [5.74, 6) is 1.67. The Bertz CT molecular complexity index is 338. The maximum atomic E-state index is 5.62. The van der Waals surface area contributed by atoms with Crippen molar-refractivity contribution < 1.29 is 9.15 Å². The molecule has 5 heteroatoms. The highest BCUT2D eigenvalue weighted by atomic mass is 16.5. The smallest absolute Gasteiger partial charge is 0.233 e. The van der Waals surface area contributed by atoms with Crippen LogP contribution in [0.4, 0.5) is 0 Å². The Morgan fingerprint density at radius 1 is 1.50 bits per heavy atom. The average molecular weight is 225 g/mol. The van der Waals surface area contributed by atoms with Crippen molar-refractivity contribution in [3.05, 3.63) is 11.8 Å². The summed E-state index contributed by atoms with van der Waals surface area (Å²) in [6, 6.07) is 0.150. The molecule has 1 aliphatic rings. The van der Waals surface area contributed by atoms with Gasteiger partial charge in [0.05, 0.1) is 12.1 Å². The first-order valence-electron chi connectivity index (χ1n) is 5.89. The van der Waals surface area contributed by atoms with Gasteiger partial charge in [-0.2, -0.15) is 0 Å². The van der Waals surface area contributed by atoms with E-state index in [1.807, 2.05) is 20.8 Å². The highest BCUT2D eigenvalue weighted by Crippen LogP contribution is 2.25. The standard InChI is InChI=1S/C11H19N3O2/c1-4-15-8-5-9(12-6-8)11-14-13-10(16-11)7(2)3/h7-9,12H,4-6H2,1-3H3/t8-,9-/m0/s1. The highest BCUT2D eigenvalue weighted by Gasteiger charge is 2.29. The first-order chi connectivity index (χ1) is 7.70. The Kier molecular flexibility index (Phi) is 3.56. The lowest BCUT2D eigenvalue weighted by Crippen LogP contribution is -2.17. The predicted molar refractivity (Wildman–Crippen MR) is 59.2 cm³/mol. The van der Waals surface area contributed by atoms with Crippen LogP contribution >= 0.6 is 0 Å². The van der Waals surface area contributed by atoms with Crippen LogP contribution in [0.1, 0.15) is 50.9 Å². The summed E-state index contributed by atoms with van der Waals surface area (Å²) in [7, 11) is 0. The van der Waals surface area contributed by atoms with Crippen molar-refractivity contribution in [1.82, 2.24) is 15.5 Å². The molecular formula is C11H19N3O2. The van der Waals surface area contributed by atoms with Gasteiger partial charge in [0, 0.05) is 19.1 Å². The highest BCUT2D eigenvalue weighted by molar-refractivity contribution is 4.97. The van der Waals surface area contributed by atoms with Crippen LogP contribution in [0, 0.1) is 0 Å². The van der Waals surface area contributed by atoms with Crippen LogP contribution in [0.15, 0.2) is 4.42 Å². The van der Waals surface area contributed by atoms with E-state index in [4.69, 9.17) is 9.15 Å². The molecule has 2 atom stereocenters. The molecule has 0 amide bonds. The number of rotatable bonds is 4. The summed E-state index contributed by atoms with van der Waals surface area (Å²) in [6.07, 6.45) is 1.18. The number of nitrogens with one attached hydrogen (secondary N) is 1. The zero-order chi connectivity index (χ0) is 11.5. The number of ether oxygens (including phenoxy) is 1. The lowest BCUT2D eigenvalue weighted by atomic mass is 10.2. The normalized spacial score (nSPS) is 25.5. The van der Waals surface area contributed by atoms with Gasteiger partial charge in [0.2, 0.25) is 11.8 Å². The van der Waals surface area contributed by atoms with Gasteiger partial charge in [-0.25, -0.2) is 0 Å². The molecule has 1 N–H and O–H groups in total. The first-order valence-corrected chi connectivity index (χ1v) is 5.89. The van der Waals surface area contributed by atoms with E-state index in [0.29, 0.717) is 11.8 Å². The quantitative estimate of drug-likeness (QED) is 0.844. The van der Waals surface area contributed by atoms with Gasteiger partial charge in [-0.05, 0) is 13.3 Å². The van der Waals surface area contributed by atoms with Crippen molar-refractivity contribution in [2.45, 2.75) is 45.3 Å². The van der Waals surface area contributed by atoms with Gasteiger partial charge in [0.15, 0.2) is 0 Å². The van der Waals surface area contributed by atoms with Gasteiger partial charge < -0.3 is 14.5 Å². The molecular weight excluding hydrogens is 206 g/mol. The Morgan fingerprint density at radius 3 is 2.94 bits per heavy atom. The first kappa shape index (κ1) is 11.5. The minimum Gasteiger partial charge on any atom is -0.423 e. The minimum absolute atomic E-state index is 0.150. The van der Waals surface area contributed by atoms with E-state index in [0.717, 1.165) is 19.6 Å². The SMILES string of the molecule is CCO[C@@H]1CN[C@H](c2nnc(C(C)C)o2)C1. The number of hydrogen-bond donors (Lipinski definition) is 1. The molecule has 0 bridgehead atoms. The van der Waals surface area contributed by atoms with Gasteiger partial charge in [-0.1, -0.05) is 13.8 Å². The fourth-order valence-corrected chi connectivity index (χ4v) is 1.87. The molecule has 16 heavy (non-hydrogen) atoms. The summed E-state index contributed by atoms with van der Waals surface area (Å²) in [4.78, 5) is 0. The fourth-order valence-electron chi connectivity index (χ4n) is 1.87. The summed E-state index contributed by atoms with van der Waals surface area (Å²) >= 11 is 0. The summed E-state index contributed by atoms with van der Waals surface area (Å²) < 4.78 is 11.2. The lowest BCUT2D eigenvalue weighted by molar-refractivity contribution is 0.0751.